The van der Waals surface area contributed by atoms with Gasteiger partial charge in [-0.1, -0.05) is 25.2 Å². The van der Waals surface area contributed by atoms with Crippen molar-refractivity contribution in [3.8, 4) is 0 Å². The van der Waals surface area contributed by atoms with Gasteiger partial charge in [0.25, 0.3) is 11.5 Å². The summed E-state index contributed by atoms with van der Waals surface area (Å²) in [6.07, 6.45) is 2.71. The van der Waals surface area contributed by atoms with Gasteiger partial charge in [0, 0.05) is 12.5 Å². The lowest BCUT2D eigenvalue weighted by Crippen LogP contribution is -2.20. The van der Waals surface area contributed by atoms with Crippen molar-refractivity contribution < 1.29 is 4.79 Å². The molecule has 0 bridgehead atoms. The zero-order valence-electron chi connectivity index (χ0n) is 12.5. The number of amides is 1. The van der Waals surface area contributed by atoms with Crippen LogP contribution in [0.3, 0.4) is 0 Å². The quantitative estimate of drug-likeness (QED) is 0.834. The van der Waals surface area contributed by atoms with Crippen LogP contribution in [-0.2, 0) is 12.2 Å². The van der Waals surface area contributed by atoms with Gasteiger partial charge in [0.15, 0.2) is 0 Å². The van der Waals surface area contributed by atoms with Crippen LogP contribution in [0.25, 0.3) is 0 Å². The summed E-state index contributed by atoms with van der Waals surface area (Å²) in [6.45, 7) is 4.18. The monoisotopic (exact) mass is 339 g/mol. The molecule has 0 saturated carbocycles. The van der Waals surface area contributed by atoms with Gasteiger partial charge in [-0.2, -0.15) is 11.8 Å². The van der Waals surface area contributed by atoms with Crippen molar-refractivity contribution in [2.24, 2.45) is 5.92 Å². The normalized spacial score (nSPS) is 10.9. The van der Waals surface area contributed by atoms with Crippen molar-refractivity contribution in [3.05, 3.63) is 32.9 Å². The minimum atomic E-state index is -0.458. The van der Waals surface area contributed by atoms with E-state index in [0.29, 0.717) is 22.6 Å². The van der Waals surface area contributed by atoms with E-state index in [1.54, 1.807) is 0 Å². The van der Waals surface area contributed by atoms with Crippen LogP contribution in [0.1, 0.15) is 35.2 Å². The van der Waals surface area contributed by atoms with Crippen LogP contribution in [0.5, 0.6) is 0 Å². The van der Waals surface area contributed by atoms with Gasteiger partial charge in [-0.25, -0.2) is 4.98 Å². The Morgan fingerprint density at radius 2 is 2.23 bits per heavy atom. The number of aromatic amines is 1. The summed E-state index contributed by atoms with van der Waals surface area (Å²) >= 11 is 2.84. The van der Waals surface area contributed by atoms with Crippen LogP contribution in [0.15, 0.2) is 10.9 Å². The van der Waals surface area contributed by atoms with Crippen LogP contribution in [0.2, 0.25) is 0 Å². The molecular formula is C13H17N5O2S2. The Kier molecular flexibility index (Phi) is 5.67. The van der Waals surface area contributed by atoms with Crippen molar-refractivity contribution in [3.63, 3.8) is 0 Å². The van der Waals surface area contributed by atoms with Gasteiger partial charge < -0.3 is 4.98 Å². The molecule has 2 heterocycles. The summed E-state index contributed by atoms with van der Waals surface area (Å²) in [5.74, 6) is 1.02. The molecule has 1 amide bonds. The summed E-state index contributed by atoms with van der Waals surface area (Å²) < 4.78 is 0. The van der Waals surface area contributed by atoms with Gasteiger partial charge in [0.2, 0.25) is 5.13 Å². The minimum absolute atomic E-state index is 0.0772. The van der Waals surface area contributed by atoms with E-state index >= 15 is 0 Å². The fourth-order valence-corrected chi connectivity index (χ4v) is 3.08. The predicted molar refractivity (Wildman–Crippen MR) is 88.5 cm³/mol. The number of H-pyrrole nitrogens is 1. The average molecular weight is 339 g/mol. The van der Waals surface area contributed by atoms with Gasteiger partial charge >= 0.3 is 0 Å². The number of carbonyl (C=O) groups excluding carboxylic acids is 1. The standard InChI is InChI=1S/C13H17N5O2S2/c1-7(2)4-11-17-18-13(22-11)16-12(20)8-5-10(19)15-9(14-8)6-21-3/h5,7H,4,6H2,1-3H3,(H,14,15,19)(H,16,18,20). The lowest BCUT2D eigenvalue weighted by molar-refractivity contribution is 0.102. The fourth-order valence-electron chi connectivity index (χ4n) is 1.73. The maximum Gasteiger partial charge on any atom is 0.276 e. The van der Waals surface area contributed by atoms with Gasteiger partial charge in [0.05, 0.1) is 5.75 Å². The number of anilines is 1. The van der Waals surface area contributed by atoms with Crippen molar-refractivity contribution in [2.75, 3.05) is 11.6 Å². The molecule has 0 aliphatic carbocycles. The molecule has 9 heteroatoms. The Labute approximate surface area is 136 Å². The highest BCUT2D eigenvalue weighted by Gasteiger charge is 2.13. The van der Waals surface area contributed by atoms with E-state index in [1.165, 1.54) is 29.2 Å². The molecule has 0 aromatic carbocycles. The molecule has 0 aliphatic rings. The SMILES string of the molecule is CSCc1nc(C(=O)Nc2nnc(CC(C)C)s2)cc(=O)[nH]1. The van der Waals surface area contributed by atoms with E-state index in [4.69, 9.17) is 0 Å². The summed E-state index contributed by atoms with van der Waals surface area (Å²) in [7, 11) is 0. The highest BCUT2D eigenvalue weighted by Crippen LogP contribution is 2.18. The van der Waals surface area contributed by atoms with E-state index < -0.39 is 5.91 Å². The number of nitrogens with one attached hydrogen (secondary N) is 2. The summed E-state index contributed by atoms with van der Waals surface area (Å²) in [4.78, 5) is 30.5. The molecule has 0 atom stereocenters. The highest BCUT2D eigenvalue weighted by atomic mass is 32.2. The van der Waals surface area contributed by atoms with Crippen LogP contribution < -0.4 is 10.9 Å². The van der Waals surface area contributed by atoms with E-state index in [1.807, 2.05) is 6.26 Å². The molecule has 0 spiro atoms. The molecule has 0 aliphatic heterocycles. The smallest absolute Gasteiger partial charge is 0.276 e. The zero-order chi connectivity index (χ0) is 16.1. The second-order valence-electron chi connectivity index (χ2n) is 5.06. The molecule has 0 saturated heterocycles. The lowest BCUT2D eigenvalue weighted by atomic mass is 10.1. The Balaban J connectivity index is 2.11. The topological polar surface area (TPSA) is 101 Å². The van der Waals surface area contributed by atoms with Crippen LogP contribution in [0, 0.1) is 5.92 Å². The van der Waals surface area contributed by atoms with Crippen molar-refractivity contribution in [2.45, 2.75) is 26.0 Å². The molecule has 2 rings (SSSR count). The fraction of sp³-hybridized carbons (Fsp3) is 0.462. The molecule has 2 aromatic heterocycles. The number of carbonyl (C=O) groups is 1. The largest absolute Gasteiger partial charge is 0.310 e. The van der Waals surface area contributed by atoms with Crippen molar-refractivity contribution in [1.82, 2.24) is 20.2 Å². The predicted octanol–water partition coefficient (Wildman–Crippen LogP) is 1.94. The van der Waals surface area contributed by atoms with Crippen LogP contribution in [0.4, 0.5) is 5.13 Å². The molecule has 2 aromatic rings. The third-order valence-corrected chi connectivity index (χ3v) is 4.00. The number of rotatable bonds is 6. The molecule has 0 radical (unpaired) electrons. The Morgan fingerprint density at radius 3 is 2.91 bits per heavy atom. The molecule has 22 heavy (non-hydrogen) atoms. The number of nitrogens with zero attached hydrogens (tertiary/aromatic N) is 3. The first-order valence-corrected chi connectivity index (χ1v) is 8.92. The lowest BCUT2D eigenvalue weighted by Gasteiger charge is -2.02. The Morgan fingerprint density at radius 1 is 1.45 bits per heavy atom. The molecule has 0 fully saturated rings. The zero-order valence-corrected chi connectivity index (χ0v) is 14.2. The third kappa shape index (κ3) is 4.63. The van der Waals surface area contributed by atoms with Gasteiger partial charge in [-0.3, -0.25) is 14.9 Å². The number of thioether (sulfide) groups is 1. The first kappa shape index (κ1) is 16.6. The van der Waals surface area contributed by atoms with Gasteiger partial charge in [0.1, 0.15) is 16.5 Å². The number of aromatic nitrogens is 4. The van der Waals surface area contributed by atoms with E-state index in [9.17, 15) is 9.59 Å². The number of hydrogen-bond donors (Lipinski definition) is 2. The average Bonchev–Trinajstić information content (AvgIpc) is 2.84. The second-order valence-corrected chi connectivity index (χ2v) is 6.99. The molecule has 7 nitrogen and oxygen atoms in total. The van der Waals surface area contributed by atoms with E-state index in [-0.39, 0.29) is 11.3 Å². The second kappa shape index (κ2) is 7.50. The summed E-state index contributed by atoms with van der Waals surface area (Å²) in [6, 6.07) is 1.18. The molecule has 0 unspecified atom stereocenters. The first-order chi connectivity index (χ1) is 10.5. The van der Waals surface area contributed by atoms with Crippen molar-refractivity contribution in [1.29, 1.82) is 0 Å². The maximum absolute atomic E-state index is 12.2. The third-order valence-electron chi connectivity index (χ3n) is 2.57. The van der Waals surface area contributed by atoms with Crippen LogP contribution >= 0.6 is 23.1 Å². The molecule has 118 valence electrons. The van der Waals surface area contributed by atoms with Crippen molar-refractivity contribution >= 4 is 34.1 Å². The van der Waals surface area contributed by atoms with Gasteiger partial charge in [-0.05, 0) is 12.2 Å². The highest BCUT2D eigenvalue weighted by molar-refractivity contribution is 7.97. The Bertz CT molecular complexity index is 710. The number of hydrogen-bond acceptors (Lipinski definition) is 7. The van der Waals surface area contributed by atoms with E-state index in [0.717, 1.165) is 11.4 Å². The first-order valence-electron chi connectivity index (χ1n) is 6.71. The summed E-state index contributed by atoms with van der Waals surface area (Å²) in [5.41, 5.74) is -0.268. The van der Waals surface area contributed by atoms with Gasteiger partial charge in [-0.15, -0.1) is 10.2 Å². The molecular weight excluding hydrogens is 322 g/mol. The van der Waals surface area contributed by atoms with Crippen LogP contribution in [-0.4, -0.2) is 32.3 Å². The minimum Gasteiger partial charge on any atom is -0.310 e. The Hall–Kier alpha value is -1.74. The van der Waals surface area contributed by atoms with E-state index in [2.05, 4.69) is 39.3 Å². The molecule has 2 N–H and O–H groups in total. The summed E-state index contributed by atoms with van der Waals surface area (Å²) in [5, 5.41) is 11.9. The maximum atomic E-state index is 12.2.